The van der Waals surface area contributed by atoms with Crippen molar-refractivity contribution in [3.05, 3.63) is 103 Å². The van der Waals surface area contributed by atoms with Gasteiger partial charge in [-0.1, -0.05) is 67.7 Å². The van der Waals surface area contributed by atoms with Crippen molar-refractivity contribution >= 4 is 61.1 Å². The van der Waals surface area contributed by atoms with E-state index in [9.17, 15) is 10.1 Å². The maximum atomic E-state index is 12.6. The number of hydrogen-bond donors (Lipinski definition) is 1. The highest BCUT2D eigenvalue weighted by Gasteiger charge is 2.12. The Morgan fingerprint density at radius 2 is 1.69 bits per heavy atom. The number of carbonyl (C=O) groups excluding carboxylic acids is 1. The number of nitrogens with zero attached hydrogens (tertiary/aromatic N) is 1. The van der Waals surface area contributed by atoms with Gasteiger partial charge in [-0.3, -0.25) is 4.79 Å². The van der Waals surface area contributed by atoms with Gasteiger partial charge in [0.25, 0.3) is 5.91 Å². The van der Waals surface area contributed by atoms with E-state index >= 15 is 0 Å². The standard InChI is InChI=1S/C23H15Br2ClN2O/c24-19-7-9-21(10-8-19)28-23(29)18(14-27)12-17-13-20(25)6-5-15(17)11-16-3-1-2-4-22(16)26/h1-10,12-13H,11H2,(H,28,29)/b18-12+. The average molecular weight is 531 g/mol. The van der Waals surface area contributed by atoms with E-state index in [0.717, 1.165) is 25.6 Å². The predicted molar refractivity (Wildman–Crippen MR) is 125 cm³/mol. The van der Waals surface area contributed by atoms with Crippen LogP contribution in [-0.2, 0) is 11.2 Å². The number of rotatable bonds is 5. The molecule has 0 bridgehead atoms. The van der Waals surface area contributed by atoms with Crippen molar-refractivity contribution in [3.63, 3.8) is 0 Å². The summed E-state index contributed by atoms with van der Waals surface area (Å²) in [5.74, 6) is -0.460. The second-order valence-electron chi connectivity index (χ2n) is 6.24. The molecule has 3 nitrogen and oxygen atoms in total. The number of nitrogens with one attached hydrogen (secondary N) is 1. The van der Waals surface area contributed by atoms with Gasteiger partial charge in [0.15, 0.2) is 0 Å². The molecule has 1 N–H and O–H groups in total. The number of carbonyl (C=O) groups is 1. The summed E-state index contributed by atoms with van der Waals surface area (Å²) in [5.41, 5.74) is 3.35. The molecular weight excluding hydrogens is 516 g/mol. The van der Waals surface area contributed by atoms with Gasteiger partial charge in [-0.15, -0.1) is 0 Å². The summed E-state index contributed by atoms with van der Waals surface area (Å²) in [6.45, 7) is 0. The van der Waals surface area contributed by atoms with Gasteiger partial charge in [-0.25, -0.2) is 0 Å². The Hall–Kier alpha value is -2.39. The molecule has 0 saturated heterocycles. The molecule has 3 aromatic rings. The van der Waals surface area contributed by atoms with Gasteiger partial charge in [0, 0.05) is 19.7 Å². The van der Waals surface area contributed by atoms with Crippen LogP contribution in [0, 0.1) is 11.3 Å². The lowest BCUT2D eigenvalue weighted by atomic mass is 9.98. The second kappa shape index (κ2) is 9.89. The van der Waals surface area contributed by atoms with Crippen LogP contribution in [0.4, 0.5) is 5.69 Å². The number of halogens is 3. The normalized spacial score (nSPS) is 11.0. The van der Waals surface area contributed by atoms with Gasteiger partial charge in [-0.05, 0) is 71.7 Å². The fraction of sp³-hybridized carbons (Fsp3) is 0.0435. The molecule has 0 aliphatic carbocycles. The fourth-order valence-corrected chi connectivity index (χ4v) is 3.59. The lowest BCUT2D eigenvalue weighted by Gasteiger charge is -2.10. The summed E-state index contributed by atoms with van der Waals surface area (Å²) in [6, 6.07) is 22.6. The minimum absolute atomic E-state index is 0.0198. The smallest absolute Gasteiger partial charge is 0.266 e. The number of hydrogen-bond acceptors (Lipinski definition) is 2. The molecule has 0 saturated carbocycles. The Labute approximate surface area is 191 Å². The van der Waals surface area contributed by atoms with Crippen LogP contribution < -0.4 is 5.32 Å². The topological polar surface area (TPSA) is 52.9 Å². The molecule has 0 heterocycles. The van der Waals surface area contributed by atoms with Crippen molar-refractivity contribution in [2.75, 3.05) is 5.32 Å². The SMILES string of the molecule is N#C/C(=C\c1cc(Br)ccc1Cc1ccccc1Cl)C(=O)Nc1ccc(Br)cc1. The molecule has 0 aromatic heterocycles. The number of nitriles is 1. The van der Waals surface area contributed by atoms with Crippen LogP contribution in [-0.4, -0.2) is 5.91 Å². The van der Waals surface area contributed by atoms with Gasteiger partial charge in [0.1, 0.15) is 11.6 Å². The van der Waals surface area contributed by atoms with E-state index in [2.05, 4.69) is 37.2 Å². The molecule has 29 heavy (non-hydrogen) atoms. The Kier molecular flexibility index (Phi) is 7.27. The van der Waals surface area contributed by atoms with Gasteiger partial charge < -0.3 is 5.32 Å². The monoisotopic (exact) mass is 528 g/mol. The summed E-state index contributed by atoms with van der Waals surface area (Å²) in [7, 11) is 0. The Balaban J connectivity index is 1.91. The summed E-state index contributed by atoms with van der Waals surface area (Å²) in [6.07, 6.45) is 2.19. The molecule has 0 aliphatic heterocycles. The minimum atomic E-state index is -0.460. The zero-order chi connectivity index (χ0) is 20.8. The van der Waals surface area contributed by atoms with Crippen LogP contribution in [0.25, 0.3) is 6.08 Å². The number of anilines is 1. The first-order valence-electron chi connectivity index (χ1n) is 8.67. The summed E-state index contributed by atoms with van der Waals surface area (Å²) in [4.78, 5) is 12.6. The van der Waals surface area contributed by atoms with Crippen LogP contribution in [0.3, 0.4) is 0 Å². The molecule has 0 atom stereocenters. The molecule has 0 aliphatic rings. The van der Waals surface area contributed by atoms with E-state index in [4.69, 9.17) is 11.6 Å². The Morgan fingerprint density at radius 3 is 2.38 bits per heavy atom. The van der Waals surface area contributed by atoms with E-state index in [1.807, 2.05) is 60.7 Å². The van der Waals surface area contributed by atoms with E-state index in [1.165, 1.54) is 0 Å². The van der Waals surface area contributed by atoms with Crippen molar-refractivity contribution in [1.82, 2.24) is 0 Å². The van der Waals surface area contributed by atoms with Gasteiger partial charge >= 0.3 is 0 Å². The first-order chi connectivity index (χ1) is 14.0. The first-order valence-corrected chi connectivity index (χ1v) is 10.6. The van der Waals surface area contributed by atoms with Crippen LogP contribution >= 0.6 is 43.5 Å². The lowest BCUT2D eigenvalue weighted by Crippen LogP contribution is -2.13. The Morgan fingerprint density at radius 1 is 1.00 bits per heavy atom. The zero-order valence-electron chi connectivity index (χ0n) is 15.1. The third-order valence-electron chi connectivity index (χ3n) is 4.21. The minimum Gasteiger partial charge on any atom is -0.321 e. The number of amides is 1. The predicted octanol–water partition coefficient (Wildman–Crippen LogP) is 7.00. The van der Waals surface area contributed by atoms with E-state index in [1.54, 1.807) is 18.2 Å². The van der Waals surface area contributed by atoms with Gasteiger partial charge in [0.05, 0.1) is 0 Å². The lowest BCUT2D eigenvalue weighted by molar-refractivity contribution is -0.112. The van der Waals surface area contributed by atoms with Crippen molar-refractivity contribution < 1.29 is 4.79 Å². The van der Waals surface area contributed by atoms with Crippen LogP contribution in [0.15, 0.2) is 81.2 Å². The molecule has 0 radical (unpaired) electrons. The molecule has 0 spiro atoms. The van der Waals surface area contributed by atoms with Crippen LogP contribution in [0.5, 0.6) is 0 Å². The molecule has 144 valence electrons. The maximum Gasteiger partial charge on any atom is 0.266 e. The Bertz CT molecular complexity index is 1120. The first kappa shape index (κ1) is 21.3. The summed E-state index contributed by atoms with van der Waals surface area (Å²) < 4.78 is 1.77. The molecule has 6 heteroatoms. The molecule has 3 aromatic carbocycles. The van der Waals surface area contributed by atoms with E-state index < -0.39 is 5.91 Å². The summed E-state index contributed by atoms with van der Waals surface area (Å²) in [5, 5.41) is 13.0. The zero-order valence-corrected chi connectivity index (χ0v) is 19.1. The van der Waals surface area contributed by atoms with E-state index in [-0.39, 0.29) is 5.57 Å². The highest BCUT2D eigenvalue weighted by molar-refractivity contribution is 9.10. The molecule has 1 amide bonds. The molecule has 3 rings (SSSR count). The van der Waals surface area contributed by atoms with Crippen LogP contribution in [0.2, 0.25) is 5.02 Å². The van der Waals surface area contributed by atoms with Crippen LogP contribution in [0.1, 0.15) is 16.7 Å². The largest absolute Gasteiger partial charge is 0.321 e. The quantitative estimate of drug-likeness (QED) is 0.285. The molecular formula is C23H15Br2ClN2O. The van der Waals surface area contributed by atoms with Gasteiger partial charge in [0.2, 0.25) is 0 Å². The maximum absolute atomic E-state index is 12.6. The summed E-state index contributed by atoms with van der Waals surface area (Å²) >= 11 is 13.1. The highest BCUT2D eigenvalue weighted by Crippen LogP contribution is 2.25. The molecule has 0 fully saturated rings. The third kappa shape index (κ3) is 5.80. The van der Waals surface area contributed by atoms with Crippen molar-refractivity contribution in [2.24, 2.45) is 0 Å². The van der Waals surface area contributed by atoms with Gasteiger partial charge in [-0.2, -0.15) is 5.26 Å². The number of benzene rings is 3. The van der Waals surface area contributed by atoms with Crippen molar-refractivity contribution in [2.45, 2.75) is 6.42 Å². The average Bonchev–Trinajstić information content (AvgIpc) is 2.71. The van der Waals surface area contributed by atoms with Crippen molar-refractivity contribution in [3.8, 4) is 6.07 Å². The second-order valence-corrected chi connectivity index (χ2v) is 8.48. The fourth-order valence-electron chi connectivity index (χ4n) is 2.74. The molecule has 0 unspecified atom stereocenters. The van der Waals surface area contributed by atoms with E-state index in [0.29, 0.717) is 17.1 Å². The highest BCUT2D eigenvalue weighted by atomic mass is 79.9. The third-order valence-corrected chi connectivity index (χ3v) is 5.60. The van der Waals surface area contributed by atoms with Crippen molar-refractivity contribution in [1.29, 1.82) is 5.26 Å².